The van der Waals surface area contributed by atoms with Crippen molar-refractivity contribution in [1.82, 2.24) is 9.88 Å². The Morgan fingerprint density at radius 2 is 2.15 bits per heavy atom. The number of nitrogens with one attached hydrogen (secondary N) is 1. The third kappa shape index (κ3) is 4.38. The fourth-order valence-electron chi connectivity index (χ4n) is 2.23. The molecule has 0 aliphatic carbocycles. The van der Waals surface area contributed by atoms with Crippen LogP contribution in [0.25, 0.3) is 5.69 Å². The van der Waals surface area contributed by atoms with Gasteiger partial charge in [0.1, 0.15) is 22.9 Å². The first-order valence-corrected chi connectivity index (χ1v) is 7.83. The van der Waals surface area contributed by atoms with Crippen LogP contribution in [0, 0.1) is 5.82 Å². The Morgan fingerprint density at radius 1 is 1.38 bits per heavy atom. The van der Waals surface area contributed by atoms with Crippen LogP contribution >= 0.6 is 0 Å². The molecule has 0 aliphatic heterocycles. The first-order chi connectivity index (χ1) is 12.5. The van der Waals surface area contributed by atoms with Crippen molar-refractivity contribution in [3.63, 3.8) is 0 Å². The van der Waals surface area contributed by atoms with E-state index in [9.17, 15) is 19.1 Å². The molecular formula is C19H19FN2O4. The largest absolute Gasteiger partial charge is 0.508 e. The minimum absolute atomic E-state index is 0.0671. The van der Waals surface area contributed by atoms with Crippen LogP contribution in [0.4, 0.5) is 4.39 Å². The summed E-state index contributed by atoms with van der Waals surface area (Å²) in [6.45, 7) is 1.82. The lowest BCUT2D eigenvalue weighted by Crippen LogP contribution is -2.32. The summed E-state index contributed by atoms with van der Waals surface area (Å²) in [6.07, 6.45) is 5.97. The number of aliphatic hydroxyl groups is 1. The van der Waals surface area contributed by atoms with Gasteiger partial charge < -0.3 is 15.2 Å². The Hall–Kier alpha value is -3.35. The van der Waals surface area contributed by atoms with Crippen LogP contribution in [-0.2, 0) is 0 Å². The van der Waals surface area contributed by atoms with E-state index in [4.69, 9.17) is 4.74 Å². The van der Waals surface area contributed by atoms with Gasteiger partial charge >= 0.3 is 0 Å². The van der Waals surface area contributed by atoms with Crippen molar-refractivity contribution in [2.75, 3.05) is 13.7 Å². The molecule has 2 aromatic rings. The highest BCUT2D eigenvalue weighted by atomic mass is 19.1. The summed E-state index contributed by atoms with van der Waals surface area (Å²) >= 11 is 0. The Labute approximate surface area is 149 Å². The van der Waals surface area contributed by atoms with E-state index in [2.05, 4.69) is 5.32 Å². The molecule has 0 aliphatic rings. The number of allylic oxidation sites excluding steroid dienone is 2. The Bertz CT molecular complexity index is 916. The van der Waals surface area contributed by atoms with E-state index < -0.39 is 17.3 Å². The summed E-state index contributed by atoms with van der Waals surface area (Å²) in [5.41, 5.74) is -0.302. The Kier molecular flexibility index (Phi) is 6.32. The van der Waals surface area contributed by atoms with Crippen LogP contribution in [0.1, 0.15) is 17.3 Å². The average molecular weight is 358 g/mol. The summed E-state index contributed by atoms with van der Waals surface area (Å²) in [5.74, 6) is -0.807. The van der Waals surface area contributed by atoms with E-state index in [0.717, 1.165) is 6.07 Å². The van der Waals surface area contributed by atoms with Crippen molar-refractivity contribution < 1.29 is 19.0 Å². The van der Waals surface area contributed by atoms with E-state index in [1.807, 2.05) is 0 Å². The highest BCUT2D eigenvalue weighted by Crippen LogP contribution is 2.22. The maximum atomic E-state index is 13.4. The second kappa shape index (κ2) is 8.66. The fourth-order valence-corrected chi connectivity index (χ4v) is 2.23. The molecule has 2 N–H and O–H groups in total. The molecule has 1 amide bonds. The van der Waals surface area contributed by atoms with Crippen molar-refractivity contribution in [1.29, 1.82) is 0 Å². The molecule has 26 heavy (non-hydrogen) atoms. The topological polar surface area (TPSA) is 80.6 Å². The molecule has 0 saturated heterocycles. The number of hydrogen-bond acceptors (Lipinski definition) is 4. The minimum atomic E-state index is -0.560. The quantitative estimate of drug-likeness (QED) is 0.615. The number of nitrogens with zero attached hydrogens (tertiary/aromatic N) is 1. The van der Waals surface area contributed by atoms with Crippen molar-refractivity contribution in [3.05, 3.63) is 82.3 Å². The lowest BCUT2D eigenvalue weighted by molar-refractivity contribution is 0.0956. The monoisotopic (exact) mass is 358 g/mol. The normalized spacial score (nSPS) is 11.6. The predicted molar refractivity (Wildman–Crippen MR) is 96.4 cm³/mol. The number of carbonyl (C=O) groups excluding carboxylic acids is 1. The molecule has 0 radical (unpaired) electrons. The predicted octanol–water partition coefficient (Wildman–Crippen LogP) is 2.73. The number of methoxy groups -OCH3 is 1. The molecule has 0 atom stereocenters. The van der Waals surface area contributed by atoms with Gasteiger partial charge in [0.15, 0.2) is 0 Å². The number of ether oxygens (including phenoxy) is 1. The third-order valence-electron chi connectivity index (χ3n) is 3.56. The molecule has 0 unspecified atom stereocenters. The average Bonchev–Trinajstić information content (AvgIpc) is 2.65. The standard InChI is InChI=1S/C19H19FN2O4/c1-3-14(23)6-4-10-21-18(24)15-7-5-11-22(19(15)25)16-9-8-13(20)12-17(16)26-2/h3-9,11-12,23H,10H2,1-2H3,(H,21,24)/b6-4-,14-3+. The number of halogens is 1. The first-order valence-electron chi connectivity index (χ1n) is 7.83. The van der Waals surface area contributed by atoms with Crippen LogP contribution in [0.15, 0.2) is 65.3 Å². The second-order valence-electron chi connectivity index (χ2n) is 5.24. The van der Waals surface area contributed by atoms with Gasteiger partial charge in [0.2, 0.25) is 0 Å². The van der Waals surface area contributed by atoms with Gasteiger partial charge in [-0.05, 0) is 43.3 Å². The SMILES string of the molecule is C/C=C(O)\C=C/CNC(=O)c1cccn(-c2ccc(F)cc2OC)c1=O. The molecule has 0 spiro atoms. The van der Waals surface area contributed by atoms with Crippen molar-refractivity contribution in [2.45, 2.75) is 6.92 Å². The number of amides is 1. The van der Waals surface area contributed by atoms with Crippen LogP contribution in [0.5, 0.6) is 5.75 Å². The summed E-state index contributed by atoms with van der Waals surface area (Å²) in [5, 5.41) is 11.9. The summed E-state index contributed by atoms with van der Waals surface area (Å²) in [7, 11) is 1.37. The van der Waals surface area contributed by atoms with E-state index in [-0.39, 0.29) is 23.6 Å². The molecule has 1 heterocycles. The molecule has 6 nitrogen and oxygen atoms in total. The molecule has 1 aromatic heterocycles. The lowest BCUT2D eigenvalue weighted by atomic mass is 10.2. The first kappa shape index (κ1) is 19.0. The number of aliphatic hydroxyl groups excluding tert-OH is 1. The van der Waals surface area contributed by atoms with Gasteiger partial charge in [-0.15, -0.1) is 0 Å². The zero-order valence-corrected chi connectivity index (χ0v) is 14.4. The molecule has 2 rings (SSSR count). The van der Waals surface area contributed by atoms with E-state index in [1.165, 1.54) is 48.2 Å². The second-order valence-corrected chi connectivity index (χ2v) is 5.24. The number of benzene rings is 1. The molecule has 0 bridgehead atoms. The zero-order chi connectivity index (χ0) is 19.1. The van der Waals surface area contributed by atoms with Gasteiger partial charge in [-0.25, -0.2) is 4.39 Å². The van der Waals surface area contributed by atoms with Gasteiger partial charge in [-0.2, -0.15) is 0 Å². The summed E-state index contributed by atoms with van der Waals surface area (Å²) in [6, 6.07) is 6.71. The minimum Gasteiger partial charge on any atom is -0.508 e. The summed E-state index contributed by atoms with van der Waals surface area (Å²) in [4.78, 5) is 24.9. The van der Waals surface area contributed by atoms with E-state index in [0.29, 0.717) is 5.69 Å². The van der Waals surface area contributed by atoms with E-state index >= 15 is 0 Å². The molecule has 0 saturated carbocycles. The number of carbonyl (C=O) groups is 1. The number of pyridine rings is 1. The molecule has 1 aromatic carbocycles. The van der Waals surface area contributed by atoms with Crippen LogP contribution in [0.2, 0.25) is 0 Å². The van der Waals surface area contributed by atoms with Gasteiger partial charge in [-0.3, -0.25) is 14.2 Å². The molecule has 7 heteroatoms. The highest BCUT2D eigenvalue weighted by molar-refractivity contribution is 5.93. The maximum Gasteiger partial charge on any atom is 0.268 e. The van der Waals surface area contributed by atoms with Gasteiger partial charge in [0, 0.05) is 18.8 Å². The molecule has 136 valence electrons. The van der Waals surface area contributed by atoms with Crippen LogP contribution < -0.4 is 15.6 Å². The highest BCUT2D eigenvalue weighted by Gasteiger charge is 2.14. The van der Waals surface area contributed by atoms with Crippen LogP contribution in [-0.4, -0.2) is 29.2 Å². The van der Waals surface area contributed by atoms with E-state index in [1.54, 1.807) is 19.1 Å². The zero-order valence-electron chi connectivity index (χ0n) is 14.4. The fraction of sp³-hybridized carbons (Fsp3) is 0.158. The van der Waals surface area contributed by atoms with Crippen molar-refractivity contribution in [3.8, 4) is 11.4 Å². The number of hydrogen-bond donors (Lipinski definition) is 2. The number of rotatable bonds is 6. The molecular weight excluding hydrogens is 339 g/mol. The van der Waals surface area contributed by atoms with Crippen molar-refractivity contribution >= 4 is 5.91 Å². The Morgan fingerprint density at radius 3 is 2.85 bits per heavy atom. The maximum absolute atomic E-state index is 13.4. The summed E-state index contributed by atoms with van der Waals surface area (Å²) < 4.78 is 19.7. The molecule has 0 fully saturated rings. The van der Waals surface area contributed by atoms with Crippen LogP contribution in [0.3, 0.4) is 0 Å². The smallest absolute Gasteiger partial charge is 0.268 e. The van der Waals surface area contributed by atoms with Crippen molar-refractivity contribution in [2.24, 2.45) is 0 Å². The Balaban J connectivity index is 2.28. The lowest BCUT2D eigenvalue weighted by Gasteiger charge is -2.12. The third-order valence-corrected chi connectivity index (χ3v) is 3.56. The van der Waals surface area contributed by atoms with Gasteiger partial charge in [-0.1, -0.05) is 6.08 Å². The van der Waals surface area contributed by atoms with Gasteiger partial charge in [0.25, 0.3) is 11.5 Å². The number of aromatic nitrogens is 1. The van der Waals surface area contributed by atoms with Gasteiger partial charge in [0.05, 0.1) is 12.8 Å².